The maximum Gasteiger partial charge on any atom is 0.316 e. The van der Waals surface area contributed by atoms with Gasteiger partial charge in [-0.25, -0.2) is 14.4 Å². The predicted octanol–water partition coefficient (Wildman–Crippen LogP) is 0.988. The topological polar surface area (TPSA) is 88.2 Å². The summed E-state index contributed by atoms with van der Waals surface area (Å²) in [6.07, 6.45) is 4.76. The molecule has 1 fully saturated rings. The summed E-state index contributed by atoms with van der Waals surface area (Å²) in [6, 6.07) is 2.90. The van der Waals surface area contributed by atoms with Crippen molar-refractivity contribution >= 4 is 5.91 Å². The van der Waals surface area contributed by atoms with Crippen LogP contribution in [0.4, 0.5) is 4.39 Å². The molecule has 1 aliphatic heterocycles. The molecule has 0 radical (unpaired) electrons. The van der Waals surface area contributed by atoms with Crippen LogP contribution in [0.1, 0.15) is 23.2 Å². The second-order valence-corrected chi connectivity index (χ2v) is 5.26. The van der Waals surface area contributed by atoms with Crippen LogP contribution in [0.5, 0.6) is 6.01 Å². The van der Waals surface area contributed by atoms with Gasteiger partial charge in [0.2, 0.25) is 5.56 Å². The standard InChI is InChI=1S/C15H15FN4O3/c16-11-7-18-15(19-8-11)23-12-2-1-5-20(9-12)14(22)10-3-4-13(21)17-6-10/h3-4,6-8,12H,1-2,5,9H2,(H,17,21). The minimum atomic E-state index is -0.532. The zero-order valence-electron chi connectivity index (χ0n) is 12.2. The quantitative estimate of drug-likeness (QED) is 0.911. The summed E-state index contributed by atoms with van der Waals surface area (Å²) in [7, 11) is 0. The van der Waals surface area contributed by atoms with E-state index in [1.165, 1.54) is 18.3 Å². The molecule has 1 aliphatic rings. The number of amides is 1. The molecule has 8 heteroatoms. The van der Waals surface area contributed by atoms with Gasteiger partial charge in [-0.15, -0.1) is 0 Å². The van der Waals surface area contributed by atoms with Gasteiger partial charge in [0.25, 0.3) is 5.91 Å². The lowest BCUT2D eigenvalue weighted by molar-refractivity contribution is 0.0515. The summed E-state index contributed by atoms with van der Waals surface area (Å²) in [5, 5.41) is 0. The molecule has 1 amide bonds. The first kappa shape index (κ1) is 15.1. The molecular weight excluding hydrogens is 303 g/mol. The minimum Gasteiger partial charge on any atom is -0.458 e. The number of hydrogen-bond acceptors (Lipinski definition) is 5. The first-order chi connectivity index (χ1) is 11.1. The van der Waals surface area contributed by atoms with Gasteiger partial charge in [-0.3, -0.25) is 9.59 Å². The highest BCUT2D eigenvalue weighted by Crippen LogP contribution is 2.17. The monoisotopic (exact) mass is 318 g/mol. The minimum absolute atomic E-state index is 0.0924. The second-order valence-electron chi connectivity index (χ2n) is 5.26. The average Bonchev–Trinajstić information content (AvgIpc) is 2.57. The smallest absolute Gasteiger partial charge is 0.316 e. The first-order valence-corrected chi connectivity index (χ1v) is 7.24. The number of rotatable bonds is 3. The van der Waals surface area contributed by atoms with Crippen LogP contribution in [0.15, 0.2) is 35.5 Å². The molecule has 1 saturated heterocycles. The summed E-state index contributed by atoms with van der Waals surface area (Å²) >= 11 is 0. The summed E-state index contributed by atoms with van der Waals surface area (Å²) < 4.78 is 18.4. The molecule has 0 bridgehead atoms. The highest BCUT2D eigenvalue weighted by molar-refractivity contribution is 5.93. The molecule has 0 aliphatic carbocycles. The fourth-order valence-corrected chi connectivity index (χ4v) is 2.46. The average molecular weight is 318 g/mol. The van der Waals surface area contributed by atoms with Crippen LogP contribution in [-0.4, -0.2) is 45.0 Å². The lowest BCUT2D eigenvalue weighted by Crippen LogP contribution is -2.44. The number of H-pyrrole nitrogens is 1. The van der Waals surface area contributed by atoms with Gasteiger partial charge in [-0.05, 0) is 18.9 Å². The van der Waals surface area contributed by atoms with Crippen molar-refractivity contribution in [2.45, 2.75) is 18.9 Å². The number of carbonyl (C=O) groups excluding carboxylic acids is 1. The van der Waals surface area contributed by atoms with Crippen LogP contribution >= 0.6 is 0 Å². The number of pyridine rings is 1. The van der Waals surface area contributed by atoms with Crippen molar-refractivity contribution in [3.05, 3.63) is 52.5 Å². The Hall–Kier alpha value is -2.77. The van der Waals surface area contributed by atoms with Crippen LogP contribution in [0.2, 0.25) is 0 Å². The van der Waals surface area contributed by atoms with E-state index in [4.69, 9.17) is 4.74 Å². The fourth-order valence-electron chi connectivity index (χ4n) is 2.46. The number of nitrogens with one attached hydrogen (secondary N) is 1. The lowest BCUT2D eigenvalue weighted by atomic mass is 10.1. The van der Waals surface area contributed by atoms with Gasteiger partial charge in [0.1, 0.15) is 6.10 Å². The predicted molar refractivity (Wildman–Crippen MR) is 78.6 cm³/mol. The molecule has 0 saturated carbocycles. The van der Waals surface area contributed by atoms with E-state index in [-0.39, 0.29) is 23.6 Å². The van der Waals surface area contributed by atoms with Crippen molar-refractivity contribution in [1.82, 2.24) is 19.9 Å². The van der Waals surface area contributed by atoms with Crippen LogP contribution in [0.25, 0.3) is 0 Å². The molecule has 0 aromatic carbocycles. The van der Waals surface area contributed by atoms with E-state index in [0.717, 1.165) is 25.2 Å². The zero-order valence-corrected chi connectivity index (χ0v) is 12.2. The van der Waals surface area contributed by atoms with E-state index in [0.29, 0.717) is 18.7 Å². The molecule has 2 aromatic heterocycles. The van der Waals surface area contributed by atoms with Crippen LogP contribution in [0, 0.1) is 5.82 Å². The number of aromatic nitrogens is 3. The summed E-state index contributed by atoms with van der Waals surface area (Å²) in [5.74, 6) is -0.703. The third-order valence-electron chi connectivity index (χ3n) is 3.57. The van der Waals surface area contributed by atoms with Gasteiger partial charge in [-0.2, -0.15) is 0 Å². The largest absolute Gasteiger partial charge is 0.458 e. The van der Waals surface area contributed by atoms with Gasteiger partial charge in [0.05, 0.1) is 24.5 Å². The Morgan fingerprint density at radius 3 is 2.83 bits per heavy atom. The normalized spacial score (nSPS) is 17.8. The van der Waals surface area contributed by atoms with Crippen molar-refractivity contribution in [3.63, 3.8) is 0 Å². The Balaban J connectivity index is 1.65. The number of halogens is 1. The number of ether oxygens (including phenoxy) is 1. The van der Waals surface area contributed by atoms with Crippen molar-refractivity contribution in [3.8, 4) is 6.01 Å². The van der Waals surface area contributed by atoms with E-state index < -0.39 is 5.82 Å². The number of piperidine rings is 1. The fraction of sp³-hybridized carbons (Fsp3) is 0.333. The molecule has 1 unspecified atom stereocenters. The van der Waals surface area contributed by atoms with Crippen molar-refractivity contribution in [1.29, 1.82) is 0 Å². The molecule has 2 aromatic rings. The molecule has 3 heterocycles. The van der Waals surface area contributed by atoms with Crippen molar-refractivity contribution in [2.24, 2.45) is 0 Å². The van der Waals surface area contributed by atoms with Gasteiger partial charge >= 0.3 is 6.01 Å². The number of hydrogen-bond donors (Lipinski definition) is 1. The Morgan fingerprint density at radius 2 is 2.13 bits per heavy atom. The maximum atomic E-state index is 12.8. The third kappa shape index (κ3) is 3.71. The second kappa shape index (κ2) is 6.55. The SMILES string of the molecule is O=C(c1ccc(=O)[nH]c1)N1CCCC(Oc2ncc(F)cn2)C1. The first-order valence-electron chi connectivity index (χ1n) is 7.24. The highest BCUT2D eigenvalue weighted by atomic mass is 19.1. The van der Waals surface area contributed by atoms with Crippen molar-refractivity contribution < 1.29 is 13.9 Å². The van der Waals surface area contributed by atoms with Crippen LogP contribution < -0.4 is 10.3 Å². The molecule has 1 N–H and O–H groups in total. The molecule has 1 atom stereocenters. The molecule has 0 spiro atoms. The van der Waals surface area contributed by atoms with E-state index >= 15 is 0 Å². The zero-order chi connectivity index (χ0) is 16.2. The van der Waals surface area contributed by atoms with Crippen LogP contribution in [0.3, 0.4) is 0 Å². The van der Waals surface area contributed by atoms with Gasteiger partial charge in [-0.1, -0.05) is 0 Å². The van der Waals surface area contributed by atoms with Gasteiger partial charge < -0.3 is 14.6 Å². The van der Waals surface area contributed by atoms with Crippen molar-refractivity contribution in [2.75, 3.05) is 13.1 Å². The number of carbonyl (C=O) groups is 1. The number of aromatic amines is 1. The summed E-state index contributed by atoms with van der Waals surface area (Å²) in [5.41, 5.74) is 0.165. The van der Waals surface area contributed by atoms with Crippen LogP contribution in [-0.2, 0) is 0 Å². The Kier molecular flexibility index (Phi) is 4.31. The molecule has 7 nitrogen and oxygen atoms in total. The Morgan fingerprint density at radius 1 is 1.35 bits per heavy atom. The van der Waals surface area contributed by atoms with E-state index in [2.05, 4.69) is 15.0 Å². The van der Waals surface area contributed by atoms with E-state index in [1.807, 2.05) is 0 Å². The maximum absolute atomic E-state index is 12.8. The Labute approximate surface area is 131 Å². The Bertz CT molecular complexity index is 727. The number of nitrogens with zero attached hydrogens (tertiary/aromatic N) is 3. The van der Waals surface area contributed by atoms with Gasteiger partial charge in [0.15, 0.2) is 5.82 Å². The molecule has 120 valence electrons. The summed E-state index contributed by atoms with van der Waals surface area (Å²) in [6.45, 7) is 1.00. The van der Waals surface area contributed by atoms with Gasteiger partial charge in [0, 0.05) is 18.8 Å². The highest BCUT2D eigenvalue weighted by Gasteiger charge is 2.26. The molecular formula is C15H15FN4O3. The molecule has 3 rings (SSSR count). The third-order valence-corrected chi connectivity index (χ3v) is 3.57. The van der Waals surface area contributed by atoms with E-state index in [9.17, 15) is 14.0 Å². The lowest BCUT2D eigenvalue weighted by Gasteiger charge is -2.32. The number of likely N-dealkylation sites (tertiary alicyclic amines) is 1. The molecule has 23 heavy (non-hydrogen) atoms. The van der Waals surface area contributed by atoms with E-state index in [1.54, 1.807) is 4.90 Å². The summed E-state index contributed by atoms with van der Waals surface area (Å²) in [4.78, 5) is 35.1.